The van der Waals surface area contributed by atoms with Gasteiger partial charge in [-0.15, -0.1) is 0 Å². The number of anilines is 1. The Balaban J connectivity index is 1.87. The van der Waals surface area contributed by atoms with Crippen LogP contribution in [-0.4, -0.2) is 36.1 Å². The van der Waals surface area contributed by atoms with Crippen LogP contribution in [0.25, 0.3) is 5.76 Å². The normalized spacial score (nSPS) is 16.7. The zero-order valence-electron chi connectivity index (χ0n) is 22.4. The lowest BCUT2D eigenvalue weighted by atomic mass is 9.94. The zero-order valence-corrected chi connectivity index (χ0v) is 22.4. The first-order valence-electron chi connectivity index (χ1n) is 12.8. The van der Waals surface area contributed by atoms with Crippen LogP contribution in [0.2, 0.25) is 0 Å². The summed E-state index contributed by atoms with van der Waals surface area (Å²) in [6, 6.07) is 18.7. The van der Waals surface area contributed by atoms with E-state index in [0.717, 1.165) is 5.56 Å². The largest absolute Gasteiger partial charge is 0.507 e. The van der Waals surface area contributed by atoms with E-state index in [1.165, 1.54) is 4.90 Å². The summed E-state index contributed by atoms with van der Waals surface area (Å²) in [7, 11) is 0. The third kappa shape index (κ3) is 5.23. The SMILES string of the molecule is CCOc1ccc(N2C(=O)C(=O)/C(=C(/O)c3ccc(OC(C)C)c(C)c3)C2c2ccccc2)cc1OCC. The highest BCUT2D eigenvalue weighted by molar-refractivity contribution is 6.51. The number of nitrogens with zero attached hydrogens (tertiary/aromatic N) is 1. The van der Waals surface area contributed by atoms with Gasteiger partial charge >= 0.3 is 0 Å². The highest BCUT2D eigenvalue weighted by atomic mass is 16.5. The lowest BCUT2D eigenvalue weighted by Crippen LogP contribution is -2.29. The van der Waals surface area contributed by atoms with Crippen molar-refractivity contribution < 1.29 is 28.9 Å². The van der Waals surface area contributed by atoms with Crippen molar-refractivity contribution >= 4 is 23.1 Å². The van der Waals surface area contributed by atoms with E-state index in [1.807, 2.05) is 65.0 Å². The van der Waals surface area contributed by atoms with Crippen molar-refractivity contribution in [2.24, 2.45) is 0 Å². The molecule has 1 N–H and O–H groups in total. The number of aryl methyl sites for hydroxylation is 1. The van der Waals surface area contributed by atoms with Gasteiger partial charge in [0.25, 0.3) is 11.7 Å². The fourth-order valence-electron chi connectivity index (χ4n) is 4.58. The number of aliphatic hydroxyl groups is 1. The number of hydrogen-bond donors (Lipinski definition) is 1. The van der Waals surface area contributed by atoms with Crippen molar-refractivity contribution in [3.63, 3.8) is 0 Å². The predicted octanol–water partition coefficient (Wildman–Crippen LogP) is 6.21. The second-order valence-corrected chi connectivity index (χ2v) is 9.22. The Morgan fingerprint density at radius 3 is 2.18 bits per heavy atom. The van der Waals surface area contributed by atoms with E-state index in [1.54, 1.807) is 36.4 Å². The van der Waals surface area contributed by atoms with Crippen molar-refractivity contribution in [3.8, 4) is 17.2 Å². The topological polar surface area (TPSA) is 85.3 Å². The van der Waals surface area contributed by atoms with Gasteiger partial charge in [-0.25, -0.2) is 0 Å². The molecule has 7 heteroatoms. The minimum absolute atomic E-state index is 0.00718. The molecule has 1 amide bonds. The molecule has 1 atom stereocenters. The van der Waals surface area contributed by atoms with Crippen molar-refractivity contribution in [2.75, 3.05) is 18.1 Å². The zero-order chi connectivity index (χ0) is 27.4. The van der Waals surface area contributed by atoms with Crippen molar-refractivity contribution in [2.45, 2.75) is 46.8 Å². The van der Waals surface area contributed by atoms with Crippen molar-refractivity contribution in [1.29, 1.82) is 0 Å². The molecule has 1 saturated heterocycles. The number of hydrogen-bond acceptors (Lipinski definition) is 6. The highest BCUT2D eigenvalue weighted by Gasteiger charge is 2.47. The van der Waals surface area contributed by atoms with Crippen molar-refractivity contribution in [1.82, 2.24) is 0 Å². The Labute approximate surface area is 223 Å². The van der Waals surface area contributed by atoms with Crippen LogP contribution in [0.1, 0.15) is 50.4 Å². The molecule has 3 aromatic rings. The van der Waals surface area contributed by atoms with Gasteiger partial charge in [-0.1, -0.05) is 30.3 Å². The first-order valence-corrected chi connectivity index (χ1v) is 12.8. The summed E-state index contributed by atoms with van der Waals surface area (Å²) in [5, 5.41) is 11.4. The van der Waals surface area contributed by atoms with Gasteiger partial charge in [0, 0.05) is 17.3 Å². The molecule has 38 heavy (non-hydrogen) atoms. The van der Waals surface area contributed by atoms with E-state index >= 15 is 0 Å². The average molecular weight is 516 g/mol. The molecule has 1 aliphatic heterocycles. The molecule has 0 bridgehead atoms. The summed E-state index contributed by atoms with van der Waals surface area (Å²) in [6.07, 6.45) is -0.00718. The molecule has 4 rings (SSSR count). The van der Waals surface area contributed by atoms with Gasteiger partial charge in [0.1, 0.15) is 11.5 Å². The van der Waals surface area contributed by atoms with Gasteiger partial charge in [0.05, 0.1) is 30.9 Å². The lowest BCUT2D eigenvalue weighted by Gasteiger charge is -2.26. The maximum absolute atomic E-state index is 13.5. The van der Waals surface area contributed by atoms with E-state index in [9.17, 15) is 14.7 Å². The molecule has 1 heterocycles. The van der Waals surface area contributed by atoms with Crippen LogP contribution in [0.3, 0.4) is 0 Å². The number of amides is 1. The van der Waals surface area contributed by atoms with Gasteiger partial charge in [-0.3, -0.25) is 14.5 Å². The Hall–Kier alpha value is -4.26. The van der Waals surface area contributed by atoms with Crippen LogP contribution in [0.4, 0.5) is 5.69 Å². The standard InChI is InChI=1S/C31H33NO6/c1-6-36-25-16-14-23(18-26(25)37-7-2)32-28(21-11-9-8-10-12-21)27(30(34)31(32)35)29(33)22-13-15-24(20(5)17-22)38-19(3)4/h8-19,28,33H,6-7H2,1-5H3/b29-27+. The number of rotatable bonds is 9. The molecular weight excluding hydrogens is 482 g/mol. The molecule has 1 fully saturated rings. The molecule has 0 radical (unpaired) electrons. The van der Waals surface area contributed by atoms with Gasteiger partial charge in [-0.05, 0) is 76.1 Å². The molecular formula is C31H33NO6. The van der Waals surface area contributed by atoms with Gasteiger partial charge in [0.2, 0.25) is 0 Å². The third-order valence-corrected chi connectivity index (χ3v) is 6.18. The Morgan fingerprint density at radius 1 is 0.895 bits per heavy atom. The number of carbonyl (C=O) groups is 2. The van der Waals surface area contributed by atoms with Crippen LogP contribution in [0.15, 0.2) is 72.3 Å². The molecule has 1 aliphatic rings. The monoisotopic (exact) mass is 515 g/mol. The summed E-state index contributed by atoms with van der Waals surface area (Å²) in [6.45, 7) is 10.3. The number of ether oxygens (including phenoxy) is 3. The molecule has 3 aromatic carbocycles. The number of carbonyl (C=O) groups excluding carboxylic acids is 2. The summed E-state index contributed by atoms with van der Waals surface area (Å²) < 4.78 is 17.3. The summed E-state index contributed by atoms with van der Waals surface area (Å²) >= 11 is 0. The Morgan fingerprint density at radius 2 is 1.55 bits per heavy atom. The van der Waals surface area contributed by atoms with E-state index < -0.39 is 17.7 Å². The molecule has 0 aliphatic carbocycles. The maximum Gasteiger partial charge on any atom is 0.300 e. The third-order valence-electron chi connectivity index (χ3n) is 6.18. The predicted molar refractivity (Wildman–Crippen MR) is 147 cm³/mol. The van der Waals surface area contributed by atoms with Crippen LogP contribution in [0, 0.1) is 6.92 Å². The fourth-order valence-corrected chi connectivity index (χ4v) is 4.58. The second kappa shape index (κ2) is 11.4. The lowest BCUT2D eigenvalue weighted by molar-refractivity contribution is -0.132. The second-order valence-electron chi connectivity index (χ2n) is 9.22. The van der Waals surface area contributed by atoms with Crippen LogP contribution >= 0.6 is 0 Å². The Bertz CT molecular complexity index is 1360. The average Bonchev–Trinajstić information content (AvgIpc) is 3.16. The smallest absolute Gasteiger partial charge is 0.300 e. The van der Waals surface area contributed by atoms with Crippen molar-refractivity contribution in [3.05, 3.63) is 89.0 Å². The molecule has 0 saturated carbocycles. The van der Waals surface area contributed by atoms with Gasteiger partial charge in [0.15, 0.2) is 11.5 Å². The van der Waals surface area contributed by atoms with E-state index in [4.69, 9.17) is 14.2 Å². The molecule has 0 aromatic heterocycles. The summed E-state index contributed by atoms with van der Waals surface area (Å²) in [5.41, 5.74) is 2.41. The number of benzene rings is 3. The molecule has 7 nitrogen and oxygen atoms in total. The van der Waals surface area contributed by atoms with Gasteiger partial charge in [-0.2, -0.15) is 0 Å². The van der Waals surface area contributed by atoms with E-state index in [2.05, 4.69) is 0 Å². The first kappa shape index (κ1) is 26.8. The van der Waals surface area contributed by atoms with E-state index in [0.29, 0.717) is 47.3 Å². The van der Waals surface area contributed by atoms with E-state index in [-0.39, 0.29) is 17.4 Å². The molecule has 1 unspecified atom stereocenters. The first-order chi connectivity index (χ1) is 18.3. The van der Waals surface area contributed by atoms with Crippen LogP contribution < -0.4 is 19.1 Å². The van der Waals surface area contributed by atoms with Gasteiger partial charge < -0.3 is 19.3 Å². The number of Topliss-reactive ketones (excluding diaryl/α,β-unsaturated/α-hetero) is 1. The quantitative estimate of drug-likeness (QED) is 0.207. The maximum atomic E-state index is 13.5. The highest BCUT2D eigenvalue weighted by Crippen LogP contribution is 2.44. The van der Waals surface area contributed by atoms with Crippen LogP contribution in [0.5, 0.6) is 17.2 Å². The minimum atomic E-state index is -0.837. The summed E-state index contributed by atoms with van der Waals surface area (Å²) in [5.74, 6) is -0.0294. The minimum Gasteiger partial charge on any atom is -0.507 e. The number of aliphatic hydroxyl groups excluding tert-OH is 1. The number of ketones is 1. The molecule has 198 valence electrons. The summed E-state index contributed by atoms with van der Waals surface area (Å²) in [4.78, 5) is 28.4. The fraction of sp³-hybridized carbons (Fsp3) is 0.290. The van der Waals surface area contributed by atoms with Crippen LogP contribution in [-0.2, 0) is 9.59 Å². The Kier molecular flexibility index (Phi) is 8.05. The molecule has 0 spiro atoms.